The number of hydrogen-bond donors (Lipinski definition) is 0. The van der Waals surface area contributed by atoms with Crippen molar-refractivity contribution < 1.29 is 19.0 Å². The number of rotatable bonds is 7. The fourth-order valence-electron chi connectivity index (χ4n) is 3.28. The molecular formula is C25H27NO4. The normalized spacial score (nSPS) is 10.4. The number of amides is 1. The Labute approximate surface area is 177 Å². The van der Waals surface area contributed by atoms with Gasteiger partial charge < -0.3 is 19.1 Å². The van der Waals surface area contributed by atoms with Crippen molar-refractivity contribution in [1.82, 2.24) is 4.90 Å². The van der Waals surface area contributed by atoms with E-state index in [2.05, 4.69) is 0 Å². The van der Waals surface area contributed by atoms with Gasteiger partial charge in [0.25, 0.3) is 0 Å². The first-order valence-corrected chi connectivity index (χ1v) is 9.99. The summed E-state index contributed by atoms with van der Waals surface area (Å²) in [5.74, 6) is 2.07. The molecule has 0 unspecified atom stereocenters. The van der Waals surface area contributed by atoms with Crippen LogP contribution < -0.4 is 14.2 Å². The number of carbonyl (C=O) groups is 1. The van der Waals surface area contributed by atoms with E-state index in [9.17, 15) is 4.79 Å². The van der Waals surface area contributed by atoms with Gasteiger partial charge in [0.15, 0.2) is 0 Å². The summed E-state index contributed by atoms with van der Waals surface area (Å²) in [6.45, 7) is 5.03. The van der Waals surface area contributed by atoms with Crippen LogP contribution in [-0.2, 0) is 0 Å². The third kappa shape index (κ3) is 4.57. The number of methoxy groups -OCH3 is 2. The zero-order chi connectivity index (χ0) is 21.5. The maximum Gasteiger partial charge on any atom is 0.415 e. The number of ether oxygens (including phenoxy) is 3. The molecule has 5 heteroatoms. The van der Waals surface area contributed by atoms with Gasteiger partial charge in [0.1, 0.15) is 17.2 Å². The van der Waals surface area contributed by atoms with Gasteiger partial charge in [0.2, 0.25) is 0 Å². The van der Waals surface area contributed by atoms with Crippen molar-refractivity contribution in [3.05, 3.63) is 66.7 Å². The van der Waals surface area contributed by atoms with Crippen LogP contribution in [0.5, 0.6) is 17.2 Å². The Morgan fingerprint density at radius 3 is 1.53 bits per heavy atom. The molecule has 0 aliphatic carbocycles. The Morgan fingerprint density at radius 2 is 1.17 bits per heavy atom. The summed E-state index contributed by atoms with van der Waals surface area (Å²) >= 11 is 0. The lowest BCUT2D eigenvalue weighted by Crippen LogP contribution is -2.33. The number of benzene rings is 3. The second-order valence-corrected chi connectivity index (χ2v) is 6.68. The maximum absolute atomic E-state index is 12.8. The van der Waals surface area contributed by atoms with Gasteiger partial charge in [-0.3, -0.25) is 0 Å². The van der Waals surface area contributed by atoms with Gasteiger partial charge in [-0.25, -0.2) is 4.79 Å². The topological polar surface area (TPSA) is 48.0 Å². The Morgan fingerprint density at radius 1 is 0.733 bits per heavy atom. The van der Waals surface area contributed by atoms with Crippen molar-refractivity contribution in [2.45, 2.75) is 13.8 Å². The fourth-order valence-corrected chi connectivity index (χ4v) is 3.28. The lowest BCUT2D eigenvalue weighted by Gasteiger charge is -2.21. The SMILES string of the molecule is CCN(CC)C(=O)Oc1c(-c2ccc(OC)cc2)cccc1-c1ccc(OC)cc1. The molecule has 0 radical (unpaired) electrons. The van der Waals surface area contributed by atoms with E-state index in [1.165, 1.54) is 0 Å². The van der Waals surface area contributed by atoms with E-state index in [1.54, 1.807) is 19.1 Å². The first kappa shape index (κ1) is 21.2. The summed E-state index contributed by atoms with van der Waals surface area (Å²) in [5.41, 5.74) is 3.56. The van der Waals surface area contributed by atoms with Gasteiger partial charge in [0.05, 0.1) is 14.2 Å². The van der Waals surface area contributed by atoms with Crippen molar-refractivity contribution in [1.29, 1.82) is 0 Å². The van der Waals surface area contributed by atoms with Gasteiger partial charge >= 0.3 is 6.09 Å². The predicted octanol–water partition coefficient (Wildman–Crippen LogP) is 5.88. The van der Waals surface area contributed by atoms with Crippen LogP contribution in [0.25, 0.3) is 22.3 Å². The Balaban J connectivity index is 2.12. The minimum absolute atomic E-state index is 0.365. The highest BCUT2D eigenvalue weighted by Crippen LogP contribution is 2.40. The average Bonchev–Trinajstić information content (AvgIpc) is 2.80. The standard InChI is InChI=1S/C25H27NO4/c1-5-26(6-2)25(27)30-24-22(18-10-14-20(28-3)15-11-18)8-7-9-23(24)19-12-16-21(29-4)17-13-19/h7-17H,5-6H2,1-4H3. The molecular weight excluding hydrogens is 378 g/mol. The molecule has 0 aliphatic heterocycles. The van der Waals surface area contributed by atoms with Crippen LogP contribution in [0, 0.1) is 0 Å². The molecule has 0 N–H and O–H groups in total. The van der Waals surface area contributed by atoms with Crippen molar-refractivity contribution in [3.8, 4) is 39.5 Å². The third-order valence-electron chi connectivity index (χ3n) is 5.03. The molecule has 3 rings (SSSR count). The molecule has 156 valence electrons. The van der Waals surface area contributed by atoms with Gasteiger partial charge in [-0.2, -0.15) is 0 Å². The molecule has 0 heterocycles. The zero-order valence-electron chi connectivity index (χ0n) is 17.8. The first-order chi connectivity index (χ1) is 14.6. The summed E-state index contributed by atoms with van der Waals surface area (Å²) in [5, 5.41) is 0. The maximum atomic E-state index is 12.8. The minimum atomic E-state index is -0.365. The third-order valence-corrected chi connectivity index (χ3v) is 5.03. The van der Waals surface area contributed by atoms with E-state index < -0.39 is 0 Å². The highest BCUT2D eigenvalue weighted by molar-refractivity contribution is 5.86. The van der Waals surface area contributed by atoms with E-state index in [1.807, 2.05) is 80.6 Å². The summed E-state index contributed by atoms with van der Waals surface area (Å²) in [4.78, 5) is 14.5. The van der Waals surface area contributed by atoms with Crippen LogP contribution in [0.4, 0.5) is 4.79 Å². The molecule has 1 amide bonds. The van der Waals surface area contributed by atoms with Crippen molar-refractivity contribution in [2.24, 2.45) is 0 Å². The molecule has 3 aromatic carbocycles. The fraction of sp³-hybridized carbons (Fsp3) is 0.240. The van der Waals surface area contributed by atoms with Crippen LogP contribution in [0.1, 0.15) is 13.8 Å². The second-order valence-electron chi connectivity index (χ2n) is 6.68. The van der Waals surface area contributed by atoms with Crippen molar-refractivity contribution in [2.75, 3.05) is 27.3 Å². The molecule has 3 aromatic rings. The van der Waals surface area contributed by atoms with Gasteiger partial charge in [-0.1, -0.05) is 42.5 Å². The Kier molecular flexibility index (Phi) is 6.96. The molecule has 0 bridgehead atoms. The van der Waals surface area contributed by atoms with E-state index in [0.29, 0.717) is 18.8 Å². The quantitative estimate of drug-likeness (QED) is 0.493. The molecule has 0 saturated heterocycles. The lowest BCUT2D eigenvalue weighted by molar-refractivity contribution is 0.157. The molecule has 0 atom stereocenters. The Hall–Kier alpha value is -3.47. The predicted molar refractivity (Wildman–Crippen MR) is 119 cm³/mol. The number of para-hydroxylation sites is 1. The minimum Gasteiger partial charge on any atom is -0.497 e. The molecule has 5 nitrogen and oxygen atoms in total. The first-order valence-electron chi connectivity index (χ1n) is 9.99. The van der Waals surface area contributed by atoms with Crippen LogP contribution in [0.2, 0.25) is 0 Å². The van der Waals surface area contributed by atoms with Gasteiger partial charge in [0, 0.05) is 24.2 Å². The number of hydrogen-bond acceptors (Lipinski definition) is 4. The second kappa shape index (κ2) is 9.83. The van der Waals surface area contributed by atoms with E-state index in [-0.39, 0.29) is 6.09 Å². The average molecular weight is 405 g/mol. The number of carbonyl (C=O) groups excluding carboxylic acids is 1. The monoisotopic (exact) mass is 405 g/mol. The lowest BCUT2D eigenvalue weighted by atomic mass is 9.97. The van der Waals surface area contributed by atoms with Crippen LogP contribution in [0.3, 0.4) is 0 Å². The van der Waals surface area contributed by atoms with Crippen molar-refractivity contribution >= 4 is 6.09 Å². The van der Waals surface area contributed by atoms with Gasteiger partial charge in [-0.15, -0.1) is 0 Å². The highest BCUT2D eigenvalue weighted by atomic mass is 16.6. The van der Waals surface area contributed by atoms with E-state index in [4.69, 9.17) is 14.2 Å². The molecule has 0 spiro atoms. The smallest absolute Gasteiger partial charge is 0.415 e. The van der Waals surface area contributed by atoms with E-state index in [0.717, 1.165) is 33.8 Å². The van der Waals surface area contributed by atoms with Crippen molar-refractivity contribution in [3.63, 3.8) is 0 Å². The van der Waals surface area contributed by atoms with E-state index >= 15 is 0 Å². The van der Waals surface area contributed by atoms with Gasteiger partial charge in [-0.05, 0) is 49.2 Å². The van der Waals surface area contributed by atoms with Crippen LogP contribution in [-0.4, -0.2) is 38.3 Å². The summed E-state index contributed by atoms with van der Waals surface area (Å²) < 4.78 is 16.5. The molecule has 0 fully saturated rings. The molecule has 30 heavy (non-hydrogen) atoms. The summed E-state index contributed by atoms with van der Waals surface area (Å²) in [6, 6.07) is 21.3. The van der Waals surface area contributed by atoms with Crippen LogP contribution >= 0.6 is 0 Å². The summed E-state index contributed by atoms with van der Waals surface area (Å²) in [7, 11) is 3.27. The zero-order valence-corrected chi connectivity index (χ0v) is 17.8. The molecule has 0 saturated carbocycles. The largest absolute Gasteiger partial charge is 0.497 e. The van der Waals surface area contributed by atoms with Crippen LogP contribution in [0.15, 0.2) is 66.7 Å². The summed E-state index contributed by atoms with van der Waals surface area (Å²) in [6.07, 6.45) is -0.365. The Bertz CT molecular complexity index is 911. The highest BCUT2D eigenvalue weighted by Gasteiger charge is 2.19. The number of nitrogens with zero attached hydrogens (tertiary/aromatic N) is 1. The molecule has 0 aromatic heterocycles. The molecule has 0 aliphatic rings.